The van der Waals surface area contributed by atoms with Crippen LogP contribution in [0.4, 0.5) is 4.79 Å². The van der Waals surface area contributed by atoms with E-state index in [2.05, 4.69) is 4.98 Å². The molecule has 1 aromatic rings. The topological polar surface area (TPSA) is 79.5 Å². The van der Waals surface area contributed by atoms with Gasteiger partial charge < -0.3 is 5.11 Å². The van der Waals surface area contributed by atoms with Gasteiger partial charge in [0, 0.05) is 11.9 Å². The van der Waals surface area contributed by atoms with Crippen LogP contribution in [-0.4, -0.2) is 33.5 Å². The predicted molar refractivity (Wildman–Crippen MR) is 61.5 cm³/mol. The molecule has 15 heavy (non-hydrogen) atoms. The first-order valence-electron chi connectivity index (χ1n) is 4.16. The fourth-order valence-electron chi connectivity index (χ4n) is 0.730. The molecule has 0 aromatic carbocycles. The monoisotopic (exact) mass is 245 g/mol. The smallest absolute Gasteiger partial charge is 0.421 e. The Balaban J connectivity index is 2.15. The van der Waals surface area contributed by atoms with Gasteiger partial charge >= 0.3 is 6.09 Å². The summed E-state index contributed by atoms with van der Waals surface area (Å²) in [5.74, 6) is 5.82. The lowest BCUT2D eigenvalue weighted by Gasteiger charge is -2.10. The molecule has 0 saturated carbocycles. The van der Waals surface area contributed by atoms with Crippen LogP contribution >= 0.6 is 21.6 Å². The lowest BCUT2D eigenvalue weighted by Crippen LogP contribution is -2.37. The van der Waals surface area contributed by atoms with Gasteiger partial charge in [0.05, 0.1) is 6.54 Å². The van der Waals surface area contributed by atoms with Crippen LogP contribution in [0.25, 0.3) is 0 Å². The van der Waals surface area contributed by atoms with E-state index in [4.69, 9.17) is 10.9 Å². The molecule has 82 valence electrons. The summed E-state index contributed by atoms with van der Waals surface area (Å²) >= 11 is 0. The number of nitrogens with zero attached hydrogens (tertiary/aromatic N) is 2. The molecule has 0 radical (unpaired) electrons. The van der Waals surface area contributed by atoms with Crippen molar-refractivity contribution in [2.45, 2.75) is 5.03 Å². The maximum atomic E-state index is 10.3. The van der Waals surface area contributed by atoms with Crippen molar-refractivity contribution in [2.24, 2.45) is 5.84 Å². The minimum Gasteiger partial charge on any atom is -0.464 e. The minimum absolute atomic E-state index is 0.305. The maximum absolute atomic E-state index is 10.3. The van der Waals surface area contributed by atoms with Crippen molar-refractivity contribution in [1.82, 2.24) is 9.99 Å². The van der Waals surface area contributed by atoms with E-state index in [0.717, 1.165) is 10.0 Å². The standard InChI is InChI=1S/C8H11N3O2S2/c9-11(8(12)13)5-6-14-15-7-3-1-2-4-10-7/h1-4H,5-6,9H2,(H,12,13). The quantitative estimate of drug-likeness (QED) is 0.270. The number of hydrazine groups is 1. The van der Waals surface area contributed by atoms with Crippen LogP contribution in [0.5, 0.6) is 0 Å². The van der Waals surface area contributed by atoms with Gasteiger partial charge in [0.1, 0.15) is 5.03 Å². The van der Waals surface area contributed by atoms with Gasteiger partial charge in [-0.3, -0.25) is 0 Å². The number of hydrogen-bond acceptors (Lipinski definition) is 5. The molecule has 3 N–H and O–H groups in total. The fourth-order valence-corrected chi connectivity index (χ4v) is 2.57. The Hall–Kier alpha value is -0.920. The molecule has 0 fully saturated rings. The van der Waals surface area contributed by atoms with Crippen molar-refractivity contribution in [3.8, 4) is 0 Å². The van der Waals surface area contributed by atoms with Crippen LogP contribution in [0.1, 0.15) is 0 Å². The third kappa shape index (κ3) is 4.91. The second-order valence-corrected chi connectivity index (χ2v) is 4.99. The molecular weight excluding hydrogens is 234 g/mol. The molecule has 0 aliphatic heterocycles. The van der Waals surface area contributed by atoms with E-state index in [0.29, 0.717) is 12.3 Å². The van der Waals surface area contributed by atoms with Gasteiger partial charge in [0.2, 0.25) is 0 Å². The summed E-state index contributed by atoms with van der Waals surface area (Å²) in [7, 11) is 3.03. The molecule has 1 heterocycles. The van der Waals surface area contributed by atoms with Crippen molar-refractivity contribution in [3.63, 3.8) is 0 Å². The van der Waals surface area contributed by atoms with Gasteiger partial charge in [-0.25, -0.2) is 20.6 Å². The number of rotatable bonds is 5. The number of pyridine rings is 1. The number of aromatic nitrogens is 1. The zero-order chi connectivity index (χ0) is 11.1. The zero-order valence-electron chi connectivity index (χ0n) is 7.87. The second-order valence-electron chi connectivity index (χ2n) is 2.55. The van der Waals surface area contributed by atoms with E-state index in [1.54, 1.807) is 6.20 Å². The number of carbonyl (C=O) groups is 1. The minimum atomic E-state index is -1.11. The molecular formula is C8H11N3O2S2. The van der Waals surface area contributed by atoms with E-state index < -0.39 is 6.09 Å². The third-order valence-corrected chi connectivity index (χ3v) is 3.69. The number of amides is 1. The van der Waals surface area contributed by atoms with Gasteiger partial charge in [0.15, 0.2) is 0 Å². The molecule has 0 aliphatic carbocycles. The Bertz CT molecular complexity index is 310. The van der Waals surface area contributed by atoms with Crippen LogP contribution in [0.2, 0.25) is 0 Å². The van der Waals surface area contributed by atoms with Crippen molar-refractivity contribution < 1.29 is 9.90 Å². The van der Waals surface area contributed by atoms with Gasteiger partial charge in [0.25, 0.3) is 0 Å². The van der Waals surface area contributed by atoms with E-state index in [9.17, 15) is 4.79 Å². The summed E-state index contributed by atoms with van der Waals surface area (Å²) in [5.41, 5.74) is 0. The molecule has 1 aromatic heterocycles. The fraction of sp³-hybridized carbons (Fsp3) is 0.250. The first-order chi connectivity index (χ1) is 7.20. The molecule has 0 atom stereocenters. The van der Waals surface area contributed by atoms with Crippen LogP contribution in [0.3, 0.4) is 0 Å². The van der Waals surface area contributed by atoms with E-state index in [1.165, 1.54) is 21.6 Å². The van der Waals surface area contributed by atoms with Crippen LogP contribution < -0.4 is 5.84 Å². The van der Waals surface area contributed by atoms with E-state index in [1.807, 2.05) is 18.2 Å². The van der Waals surface area contributed by atoms with Crippen molar-refractivity contribution in [1.29, 1.82) is 0 Å². The van der Waals surface area contributed by atoms with Gasteiger partial charge in [-0.2, -0.15) is 0 Å². The normalized spacial score (nSPS) is 9.93. The first kappa shape index (κ1) is 12.2. The van der Waals surface area contributed by atoms with Crippen molar-refractivity contribution >= 4 is 27.7 Å². The number of carboxylic acid groups (broad SMARTS) is 1. The van der Waals surface area contributed by atoms with E-state index >= 15 is 0 Å². The first-order valence-corrected chi connectivity index (χ1v) is 6.47. The van der Waals surface area contributed by atoms with E-state index in [-0.39, 0.29) is 0 Å². The second kappa shape index (κ2) is 6.54. The van der Waals surface area contributed by atoms with Gasteiger partial charge in [-0.15, -0.1) is 0 Å². The molecule has 1 rings (SSSR count). The highest BCUT2D eigenvalue weighted by atomic mass is 33.1. The summed E-state index contributed by atoms with van der Waals surface area (Å²) in [4.78, 5) is 14.4. The summed E-state index contributed by atoms with van der Waals surface area (Å²) < 4.78 is 0. The van der Waals surface area contributed by atoms with Gasteiger partial charge in [-0.1, -0.05) is 16.9 Å². The number of hydrogen-bond donors (Lipinski definition) is 2. The summed E-state index contributed by atoms with van der Waals surface area (Å²) in [6, 6.07) is 5.65. The Morgan fingerprint density at radius 3 is 3.00 bits per heavy atom. The maximum Gasteiger partial charge on any atom is 0.421 e. The molecule has 0 unspecified atom stereocenters. The Labute approximate surface area is 95.4 Å². The van der Waals surface area contributed by atoms with Crippen molar-refractivity contribution in [2.75, 3.05) is 12.3 Å². The molecule has 0 spiro atoms. The zero-order valence-corrected chi connectivity index (χ0v) is 9.50. The predicted octanol–water partition coefficient (Wildman–Crippen LogP) is 1.68. The molecule has 0 bridgehead atoms. The Kier molecular flexibility index (Phi) is 5.30. The molecule has 0 saturated heterocycles. The molecule has 7 heteroatoms. The lowest BCUT2D eigenvalue weighted by molar-refractivity contribution is 0.149. The van der Waals surface area contributed by atoms with Crippen LogP contribution in [0.15, 0.2) is 29.4 Å². The highest BCUT2D eigenvalue weighted by Crippen LogP contribution is 2.28. The highest BCUT2D eigenvalue weighted by Gasteiger charge is 2.05. The summed E-state index contributed by atoms with van der Waals surface area (Å²) in [6.45, 7) is 0.305. The lowest BCUT2D eigenvalue weighted by atomic mass is 10.5. The molecule has 1 amide bonds. The van der Waals surface area contributed by atoms with Crippen LogP contribution in [-0.2, 0) is 0 Å². The largest absolute Gasteiger partial charge is 0.464 e. The Morgan fingerprint density at radius 1 is 1.60 bits per heavy atom. The molecule has 0 aliphatic rings. The average Bonchev–Trinajstić information content (AvgIpc) is 2.25. The highest BCUT2D eigenvalue weighted by molar-refractivity contribution is 8.76. The van der Waals surface area contributed by atoms with Crippen molar-refractivity contribution in [3.05, 3.63) is 24.4 Å². The summed E-state index contributed by atoms with van der Waals surface area (Å²) in [6.07, 6.45) is 0.605. The molecule has 5 nitrogen and oxygen atoms in total. The summed E-state index contributed by atoms with van der Waals surface area (Å²) in [5, 5.41) is 10.1. The van der Waals surface area contributed by atoms with Gasteiger partial charge in [-0.05, 0) is 22.9 Å². The number of nitrogens with two attached hydrogens (primary N) is 1. The van der Waals surface area contributed by atoms with Crippen LogP contribution in [0, 0.1) is 0 Å². The SMILES string of the molecule is NN(CCSSc1ccccn1)C(=O)O. The average molecular weight is 245 g/mol. The Morgan fingerprint density at radius 2 is 2.40 bits per heavy atom. The third-order valence-electron chi connectivity index (χ3n) is 1.44.